The Morgan fingerprint density at radius 1 is 1.00 bits per heavy atom. The van der Waals surface area contributed by atoms with Crippen molar-refractivity contribution in [3.63, 3.8) is 0 Å². The van der Waals surface area contributed by atoms with Crippen LogP contribution >= 0.6 is 0 Å². The quantitative estimate of drug-likeness (QED) is 0.553. The Bertz CT molecular complexity index is 1010. The van der Waals surface area contributed by atoms with E-state index in [2.05, 4.69) is 15.6 Å². The molecule has 0 aliphatic carbocycles. The molecule has 0 unspecified atom stereocenters. The van der Waals surface area contributed by atoms with E-state index in [1.807, 2.05) is 32.0 Å². The fourth-order valence-electron chi connectivity index (χ4n) is 2.67. The third kappa shape index (κ3) is 5.81. The Balaban J connectivity index is 1.69. The number of carbonyl (C=O) groups excluding carboxylic acids is 2. The van der Waals surface area contributed by atoms with Crippen molar-refractivity contribution in [1.29, 1.82) is 0 Å². The summed E-state index contributed by atoms with van der Waals surface area (Å²) >= 11 is 0. The second-order valence-electron chi connectivity index (χ2n) is 6.77. The molecule has 2 N–H and O–H groups in total. The van der Waals surface area contributed by atoms with Gasteiger partial charge >= 0.3 is 12.0 Å². The molecule has 7 nitrogen and oxygen atoms in total. The highest BCUT2D eigenvalue weighted by Gasteiger charge is 2.16. The maximum atomic E-state index is 12.7. The van der Waals surface area contributed by atoms with E-state index in [-0.39, 0.29) is 24.2 Å². The summed E-state index contributed by atoms with van der Waals surface area (Å²) in [7, 11) is 0. The number of ether oxygens (including phenoxy) is 2. The van der Waals surface area contributed by atoms with Gasteiger partial charge in [0.25, 0.3) is 0 Å². The zero-order valence-corrected chi connectivity index (χ0v) is 16.8. The number of benzene rings is 2. The van der Waals surface area contributed by atoms with Gasteiger partial charge in [-0.05, 0) is 44.2 Å². The highest BCUT2D eigenvalue weighted by molar-refractivity contribution is 6.00. The first-order valence-corrected chi connectivity index (χ1v) is 9.52. The number of carbonyl (C=O) groups is 2. The van der Waals surface area contributed by atoms with Crippen molar-refractivity contribution in [1.82, 2.24) is 10.3 Å². The van der Waals surface area contributed by atoms with Gasteiger partial charge in [-0.15, -0.1) is 0 Å². The van der Waals surface area contributed by atoms with Crippen LogP contribution in [0.3, 0.4) is 0 Å². The van der Waals surface area contributed by atoms with Gasteiger partial charge in [0.1, 0.15) is 18.1 Å². The molecule has 0 atom stereocenters. The van der Waals surface area contributed by atoms with Gasteiger partial charge in [-0.2, -0.15) is 0 Å². The Morgan fingerprint density at radius 2 is 1.77 bits per heavy atom. The van der Waals surface area contributed by atoms with Gasteiger partial charge in [0.2, 0.25) is 0 Å². The molecule has 0 bridgehead atoms. The second-order valence-corrected chi connectivity index (χ2v) is 6.77. The topological polar surface area (TPSA) is 89.6 Å². The number of hydrogen-bond donors (Lipinski definition) is 2. The van der Waals surface area contributed by atoms with Crippen LogP contribution in [0.15, 0.2) is 73.1 Å². The summed E-state index contributed by atoms with van der Waals surface area (Å²) in [5.41, 5.74) is 1.35. The lowest BCUT2D eigenvalue weighted by atomic mass is 10.1. The van der Waals surface area contributed by atoms with Crippen molar-refractivity contribution in [3.8, 4) is 11.5 Å². The largest absolute Gasteiger partial charge is 0.457 e. The number of para-hydroxylation sites is 2. The van der Waals surface area contributed by atoms with Crippen LogP contribution in [0.5, 0.6) is 11.5 Å². The molecule has 7 heteroatoms. The number of amides is 2. The predicted octanol–water partition coefficient (Wildman–Crippen LogP) is 4.76. The molecule has 2 aromatic carbocycles. The summed E-state index contributed by atoms with van der Waals surface area (Å²) in [6, 6.07) is 17.1. The number of esters is 1. The van der Waals surface area contributed by atoms with Crippen LogP contribution in [0.1, 0.15) is 29.8 Å². The first-order chi connectivity index (χ1) is 14.5. The van der Waals surface area contributed by atoms with Crippen LogP contribution in [0.2, 0.25) is 0 Å². The molecular weight excluding hydrogens is 382 g/mol. The standard InChI is InChI=1S/C23H23N3O4/c1-16(2)25-23(28)26-20-11-5-4-10-19(20)22(27)29-15-17-8-3-6-12-21(17)30-18-9-7-13-24-14-18/h3-14,16H,15H2,1-2H3,(H2,25,26,28). The van der Waals surface area contributed by atoms with E-state index in [0.29, 0.717) is 22.7 Å². The minimum absolute atomic E-state index is 0.0157. The lowest BCUT2D eigenvalue weighted by Gasteiger charge is -2.14. The van der Waals surface area contributed by atoms with Gasteiger partial charge in [-0.25, -0.2) is 9.59 Å². The van der Waals surface area contributed by atoms with Crippen LogP contribution < -0.4 is 15.4 Å². The number of pyridine rings is 1. The van der Waals surface area contributed by atoms with Crippen molar-refractivity contribution >= 4 is 17.7 Å². The highest BCUT2D eigenvalue weighted by atomic mass is 16.5. The fourth-order valence-corrected chi connectivity index (χ4v) is 2.67. The zero-order chi connectivity index (χ0) is 21.3. The Kier molecular flexibility index (Phi) is 7.00. The number of urea groups is 1. The van der Waals surface area contributed by atoms with Crippen molar-refractivity contribution in [3.05, 3.63) is 84.2 Å². The smallest absolute Gasteiger partial charge is 0.340 e. The molecule has 30 heavy (non-hydrogen) atoms. The summed E-state index contributed by atoms with van der Waals surface area (Å²) in [6.45, 7) is 3.72. The molecule has 154 valence electrons. The normalized spacial score (nSPS) is 10.4. The van der Waals surface area contributed by atoms with E-state index in [9.17, 15) is 9.59 Å². The maximum Gasteiger partial charge on any atom is 0.340 e. The number of rotatable bonds is 7. The Labute approximate surface area is 175 Å². The highest BCUT2D eigenvalue weighted by Crippen LogP contribution is 2.26. The van der Waals surface area contributed by atoms with Crippen molar-refractivity contribution in [2.24, 2.45) is 0 Å². The summed E-state index contributed by atoms with van der Waals surface area (Å²) in [5.74, 6) is 0.606. The van der Waals surface area contributed by atoms with Crippen LogP contribution in [0, 0.1) is 0 Å². The van der Waals surface area contributed by atoms with Gasteiger partial charge in [-0.3, -0.25) is 4.98 Å². The monoisotopic (exact) mass is 405 g/mol. The van der Waals surface area contributed by atoms with E-state index < -0.39 is 5.97 Å². The van der Waals surface area contributed by atoms with E-state index in [1.165, 1.54) is 0 Å². The van der Waals surface area contributed by atoms with E-state index in [1.54, 1.807) is 54.9 Å². The Morgan fingerprint density at radius 3 is 2.53 bits per heavy atom. The van der Waals surface area contributed by atoms with Crippen LogP contribution in [-0.2, 0) is 11.3 Å². The molecular formula is C23H23N3O4. The molecule has 3 rings (SSSR count). The van der Waals surface area contributed by atoms with E-state index >= 15 is 0 Å². The first kappa shape index (κ1) is 20.9. The van der Waals surface area contributed by atoms with Crippen molar-refractivity contribution in [2.45, 2.75) is 26.5 Å². The Hall–Kier alpha value is -3.87. The molecule has 0 aliphatic heterocycles. The molecule has 0 saturated heterocycles. The van der Waals surface area contributed by atoms with Crippen LogP contribution in [0.25, 0.3) is 0 Å². The van der Waals surface area contributed by atoms with Crippen LogP contribution in [0.4, 0.5) is 10.5 Å². The molecule has 2 amide bonds. The average molecular weight is 405 g/mol. The molecule has 0 fully saturated rings. The predicted molar refractivity (Wildman–Crippen MR) is 114 cm³/mol. The summed E-state index contributed by atoms with van der Waals surface area (Å²) in [6.07, 6.45) is 3.26. The van der Waals surface area contributed by atoms with Gasteiger partial charge < -0.3 is 20.1 Å². The molecule has 3 aromatic rings. The van der Waals surface area contributed by atoms with Crippen molar-refractivity contribution in [2.75, 3.05) is 5.32 Å². The number of anilines is 1. The van der Waals surface area contributed by atoms with Gasteiger partial charge in [0, 0.05) is 17.8 Å². The van der Waals surface area contributed by atoms with Gasteiger partial charge in [0.05, 0.1) is 17.4 Å². The summed E-state index contributed by atoms with van der Waals surface area (Å²) in [4.78, 5) is 28.7. The molecule has 1 aromatic heterocycles. The summed E-state index contributed by atoms with van der Waals surface area (Å²) < 4.78 is 11.3. The minimum Gasteiger partial charge on any atom is -0.457 e. The van der Waals surface area contributed by atoms with Gasteiger partial charge in [0.15, 0.2) is 0 Å². The third-order valence-corrected chi connectivity index (χ3v) is 4.01. The van der Waals surface area contributed by atoms with E-state index in [4.69, 9.17) is 9.47 Å². The summed E-state index contributed by atoms with van der Waals surface area (Å²) in [5, 5.41) is 5.40. The number of nitrogens with one attached hydrogen (secondary N) is 2. The second kappa shape index (κ2) is 10.1. The fraction of sp³-hybridized carbons (Fsp3) is 0.174. The number of aromatic nitrogens is 1. The molecule has 0 radical (unpaired) electrons. The SMILES string of the molecule is CC(C)NC(=O)Nc1ccccc1C(=O)OCc1ccccc1Oc1cccnc1. The zero-order valence-electron chi connectivity index (χ0n) is 16.8. The van der Waals surface area contributed by atoms with E-state index in [0.717, 1.165) is 0 Å². The third-order valence-electron chi connectivity index (χ3n) is 4.01. The van der Waals surface area contributed by atoms with Gasteiger partial charge in [-0.1, -0.05) is 30.3 Å². The maximum absolute atomic E-state index is 12.7. The molecule has 0 spiro atoms. The van der Waals surface area contributed by atoms with Crippen molar-refractivity contribution < 1.29 is 19.1 Å². The molecule has 1 heterocycles. The lowest BCUT2D eigenvalue weighted by molar-refractivity contribution is 0.0472. The first-order valence-electron chi connectivity index (χ1n) is 9.52. The number of nitrogens with zero attached hydrogens (tertiary/aromatic N) is 1. The minimum atomic E-state index is -0.549. The average Bonchev–Trinajstić information content (AvgIpc) is 2.73. The molecule has 0 saturated carbocycles. The van der Waals surface area contributed by atoms with Crippen LogP contribution in [-0.4, -0.2) is 23.0 Å². The lowest BCUT2D eigenvalue weighted by Crippen LogP contribution is -2.34. The molecule has 0 aliphatic rings. The number of hydrogen-bond acceptors (Lipinski definition) is 5.